The molecule has 1 saturated heterocycles. The lowest BCUT2D eigenvalue weighted by Crippen LogP contribution is -2.43. The fourth-order valence-corrected chi connectivity index (χ4v) is 3.78. The van der Waals surface area contributed by atoms with Gasteiger partial charge in [-0.3, -0.25) is 14.4 Å². The zero-order valence-corrected chi connectivity index (χ0v) is 19.6. The molecular formula is C24H31N3O6. The number of esters is 1. The van der Waals surface area contributed by atoms with E-state index in [9.17, 15) is 19.2 Å². The SMILES string of the molecule is CC(=O)OCCn1ccc2c(NC(=O)C3CCN(C(=O)OC(C)(C)C)CC3)cccc2c1=O. The second-order valence-electron chi connectivity index (χ2n) is 9.15. The van der Waals surface area contributed by atoms with Gasteiger partial charge in [0.15, 0.2) is 0 Å². The van der Waals surface area contributed by atoms with Crippen molar-refractivity contribution < 1.29 is 23.9 Å². The number of fused-ring (bicyclic) bond motifs is 1. The van der Waals surface area contributed by atoms with Crippen LogP contribution in [0.2, 0.25) is 0 Å². The maximum atomic E-state index is 12.9. The van der Waals surface area contributed by atoms with Gasteiger partial charge in [0.2, 0.25) is 5.91 Å². The standard InChI is InChI=1S/C24H31N3O6/c1-16(28)32-15-14-26-13-10-18-19(22(26)30)6-5-7-20(18)25-21(29)17-8-11-27(12-9-17)23(31)33-24(2,3)4/h5-7,10,13,17H,8-9,11-12,14-15H2,1-4H3,(H,25,29). The number of hydrogen-bond acceptors (Lipinski definition) is 6. The van der Waals surface area contributed by atoms with Crippen LogP contribution in [0.5, 0.6) is 0 Å². The number of hydrogen-bond donors (Lipinski definition) is 1. The first-order valence-corrected chi connectivity index (χ1v) is 11.1. The Bertz CT molecular complexity index is 1090. The van der Waals surface area contributed by atoms with E-state index < -0.39 is 11.6 Å². The predicted octanol–water partition coefficient (Wildman–Crippen LogP) is 3.15. The maximum Gasteiger partial charge on any atom is 0.410 e. The minimum Gasteiger partial charge on any atom is -0.464 e. The van der Waals surface area contributed by atoms with Crippen molar-refractivity contribution in [1.82, 2.24) is 9.47 Å². The summed E-state index contributed by atoms with van der Waals surface area (Å²) in [5.41, 5.74) is -0.212. The van der Waals surface area contributed by atoms with Crippen molar-refractivity contribution in [3.05, 3.63) is 40.8 Å². The molecule has 0 aliphatic carbocycles. The molecule has 1 aromatic heterocycles. The Kier molecular flexibility index (Phi) is 7.40. The topological polar surface area (TPSA) is 107 Å². The van der Waals surface area contributed by atoms with Gasteiger partial charge in [-0.15, -0.1) is 0 Å². The Morgan fingerprint density at radius 2 is 1.79 bits per heavy atom. The summed E-state index contributed by atoms with van der Waals surface area (Å²) < 4.78 is 11.8. The quantitative estimate of drug-likeness (QED) is 0.692. The number of nitrogens with one attached hydrogen (secondary N) is 1. The van der Waals surface area contributed by atoms with E-state index in [1.54, 1.807) is 35.4 Å². The predicted molar refractivity (Wildman–Crippen MR) is 124 cm³/mol. The largest absolute Gasteiger partial charge is 0.464 e. The summed E-state index contributed by atoms with van der Waals surface area (Å²) in [6.07, 6.45) is 2.35. The van der Waals surface area contributed by atoms with Crippen molar-refractivity contribution in [3.8, 4) is 0 Å². The van der Waals surface area contributed by atoms with Gasteiger partial charge in [-0.2, -0.15) is 0 Å². The number of carbonyl (C=O) groups is 3. The van der Waals surface area contributed by atoms with Crippen molar-refractivity contribution in [2.45, 2.75) is 52.7 Å². The van der Waals surface area contributed by atoms with Gasteiger partial charge >= 0.3 is 12.1 Å². The van der Waals surface area contributed by atoms with E-state index in [4.69, 9.17) is 9.47 Å². The number of aromatic nitrogens is 1. The fourth-order valence-electron chi connectivity index (χ4n) is 3.78. The first-order valence-electron chi connectivity index (χ1n) is 11.1. The van der Waals surface area contributed by atoms with Crippen molar-refractivity contribution in [1.29, 1.82) is 0 Å². The van der Waals surface area contributed by atoms with Crippen molar-refractivity contribution in [2.24, 2.45) is 5.92 Å². The van der Waals surface area contributed by atoms with Crippen LogP contribution in [-0.2, 0) is 25.6 Å². The molecule has 0 unspecified atom stereocenters. The normalized spacial score (nSPS) is 14.7. The van der Waals surface area contributed by atoms with Crippen LogP contribution in [0.25, 0.3) is 10.8 Å². The average Bonchev–Trinajstić information content (AvgIpc) is 2.74. The number of rotatable bonds is 5. The zero-order valence-electron chi connectivity index (χ0n) is 19.6. The molecule has 1 N–H and O–H groups in total. The second-order valence-corrected chi connectivity index (χ2v) is 9.15. The number of benzene rings is 1. The summed E-state index contributed by atoms with van der Waals surface area (Å²) in [6.45, 7) is 8.06. The lowest BCUT2D eigenvalue weighted by atomic mass is 9.96. The number of nitrogens with zero attached hydrogens (tertiary/aromatic N) is 2. The zero-order chi connectivity index (χ0) is 24.2. The van der Waals surface area contributed by atoms with Gasteiger partial charge in [-0.05, 0) is 51.8 Å². The molecule has 9 heteroatoms. The van der Waals surface area contributed by atoms with E-state index in [1.807, 2.05) is 20.8 Å². The van der Waals surface area contributed by atoms with Crippen LogP contribution in [0.4, 0.5) is 10.5 Å². The molecular weight excluding hydrogens is 426 g/mol. The van der Waals surface area contributed by atoms with Crippen LogP contribution in [0, 0.1) is 5.92 Å². The number of ether oxygens (including phenoxy) is 2. The van der Waals surface area contributed by atoms with E-state index in [2.05, 4.69) is 5.32 Å². The van der Waals surface area contributed by atoms with Crippen molar-refractivity contribution in [3.63, 3.8) is 0 Å². The van der Waals surface area contributed by atoms with Gasteiger partial charge < -0.3 is 24.3 Å². The Hall–Kier alpha value is -3.36. The molecule has 3 rings (SSSR count). The Labute approximate surface area is 192 Å². The molecule has 9 nitrogen and oxygen atoms in total. The highest BCUT2D eigenvalue weighted by Crippen LogP contribution is 2.25. The van der Waals surface area contributed by atoms with Gasteiger partial charge in [0.25, 0.3) is 5.56 Å². The van der Waals surface area contributed by atoms with Gasteiger partial charge in [0, 0.05) is 48.6 Å². The smallest absolute Gasteiger partial charge is 0.410 e. The van der Waals surface area contributed by atoms with Crippen molar-refractivity contribution >= 4 is 34.4 Å². The summed E-state index contributed by atoms with van der Waals surface area (Å²) in [4.78, 5) is 50.5. The molecule has 33 heavy (non-hydrogen) atoms. The molecule has 0 radical (unpaired) electrons. The molecule has 2 heterocycles. The average molecular weight is 458 g/mol. The second kappa shape index (κ2) is 10.1. The highest BCUT2D eigenvalue weighted by atomic mass is 16.6. The van der Waals surface area contributed by atoms with Crippen LogP contribution in [0.15, 0.2) is 35.3 Å². The van der Waals surface area contributed by atoms with Gasteiger partial charge in [-0.25, -0.2) is 4.79 Å². The highest BCUT2D eigenvalue weighted by molar-refractivity contribution is 6.02. The first-order chi connectivity index (χ1) is 15.5. The maximum absolute atomic E-state index is 12.9. The number of amides is 2. The van der Waals surface area contributed by atoms with E-state index in [0.29, 0.717) is 42.4 Å². The Morgan fingerprint density at radius 1 is 1.09 bits per heavy atom. The molecule has 0 bridgehead atoms. The Balaban J connectivity index is 1.65. The minimum absolute atomic E-state index is 0.110. The number of likely N-dealkylation sites (tertiary alicyclic amines) is 1. The fraction of sp³-hybridized carbons (Fsp3) is 0.500. The highest BCUT2D eigenvalue weighted by Gasteiger charge is 2.30. The molecule has 0 spiro atoms. The van der Waals surface area contributed by atoms with Crippen LogP contribution in [-0.4, -0.2) is 52.7 Å². The number of pyridine rings is 1. The van der Waals surface area contributed by atoms with Crippen LogP contribution >= 0.6 is 0 Å². The minimum atomic E-state index is -0.557. The summed E-state index contributed by atoms with van der Waals surface area (Å²) >= 11 is 0. The van der Waals surface area contributed by atoms with Gasteiger partial charge in [0.1, 0.15) is 12.2 Å². The molecule has 0 saturated carbocycles. The number of anilines is 1. The Morgan fingerprint density at radius 3 is 2.42 bits per heavy atom. The van der Waals surface area contributed by atoms with Gasteiger partial charge in [0.05, 0.1) is 6.54 Å². The monoisotopic (exact) mass is 457 g/mol. The molecule has 1 aliphatic rings. The van der Waals surface area contributed by atoms with E-state index in [1.165, 1.54) is 11.5 Å². The van der Waals surface area contributed by atoms with Crippen molar-refractivity contribution in [2.75, 3.05) is 25.0 Å². The molecule has 178 valence electrons. The number of carbonyl (C=O) groups excluding carboxylic acids is 3. The van der Waals surface area contributed by atoms with E-state index in [0.717, 1.165) is 0 Å². The van der Waals surface area contributed by atoms with E-state index >= 15 is 0 Å². The van der Waals surface area contributed by atoms with Gasteiger partial charge in [-0.1, -0.05) is 6.07 Å². The molecule has 0 atom stereocenters. The lowest BCUT2D eigenvalue weighted by Gasteiger charge is -2.33. The molecule has 1 aromatic carbocycles. The summed E-state index contributed by atoms with van der Waals surface area (Å²) in [5, 5.41) is 4.07. The molecule has 2 aromatic rings. The summed E-state index contributed by atoms with van der Waals surface area (Å²) in [7, 11) is 0. The van der Waals surface area contributed by atoms with Crippen LogP contribution in [0.1, 0.15) is 40.5 Å². The lowest BCUT2D eigenvalue weighted by molar-refractivity contribution is -0.141. The summed E-state index contributed by atoms with van der Waals surface area (Å²) in [5.74, 6) is -0.765. The summed E-state index contributed by atoms with van der Waals surface area (Å²) in [6, 6.07) is 6.96. The molecule has 2 amide bonds. The molecule has 1 fully saturated rings. The first kappa shape index (κ1) is 24.3. The third kappa shape index (κ3) is 6.34. The van der Waals surface area contributed by atoms with Crippen LogP contribution < -0.4 is 10.9 Å². The third-order valence-corrected chi connectivity index (χ3v) is 5.43. The van der Waals surface area contributed by atoms with Crippen LogP contribution in [0.3, 0.4) is 0 Å². The third-order valence-electron chi connectivity index (χ3n) is 5.43. The molecule has 1 aliphatic heterocycles. The number of piperidine rings is 1. The van der Waals surface area contributed by atoms with E-state index in [-0.39, 0.29) is 36.6 Å².